The molecule has 1 aliphatic heterocycles. The van der Waals surface area contributed by atoms with Gasteiger partial charge in [0.25, 0.3) is 5.69 Å². The molecule has 1 unspecified atom stereocenters. The second kappa shape index (κ2) is 13.1. The highest BCUT2D eigenvalue weighted by atomic mass is 127. The van der Waals surface area contributed by atoms with Crippen LogP contribution < -0.4 is 10.1 Å². The number of guanidine groups is 1. The Morgan fingerprint density at radius 2 is 2.00 bits per heavy atom. The number of aliphatic imine (C=N–C) groups is 1. The maximum atomic E-state index is 10.8. The lowest BCUT2D eigenvalue weighted by molar-refractivity contribution is -0.384. The van der Waals surface area contributed by atoms with Crippen LogP contribution in [0.5, 0.6) is 5.75 Å². The summed E-state index contributed by atoms with van der Waals surface area (Å²) in [6.07, 6.45) is 1.05. The second-order valence-corrected chi connectivity index (χ2v) is 7.26. The van der Waals surface area contributed by atoms with Crippen molar-refractivity contribution in [1.82, 2.24) is 10.2 Å². The molecule has 1 N–H and O–H groups in total. The Morgan fingerprint density at radius 1 is 1.26 bits per heavy atom. The van der Waals surface area contributed by atoms with E-state index in [9.17, 15) is 10.1 Å². The zero-order chi connectivity index (χ0) is 21.2. The zero-order valence-electron chi connectivity index (χ0n) is 17.6. The number of hydrogen-bond donors (Lipinski definition) is 1. The molecule has 0 bridgehead atoms. The molecule has 1 heterocycles. The maximum Gasteiger partial charge on any atom is 0.269 e. The minimum absolute atomic E-state index is 0. The summed E-state index contributed by atoms with van der Waals surface area (Å²) in [5, 5.41) is 14.3. The first-order valence-electron chi connectivity index (χ1n) is 10.1. The van der Waals surface area contributed by atoms with Crippen LogP contribution in [0.1, 0.15) is 12.0 Å². The predicted octanol–water partition coefficient (Wildman–Crippen LogP) is 3.71. The summed E-state index contributed by atoms with van der Waals surface area (Å²) >= 11 is 0. The lowest BCUT2D eigenvalue weighted by Gasteiger charge is -2.23. The Kier molecular flexibility index (Phi) is 10.5. The summed E-state index contributed by atoms with van der Waals surface area (Å²) in [5.41, 5.74) is 0.996. The van der Waals surface area contributed by atoms with Gasteiger partial charge in [0.2, 0.25) is 0 Å². The van der Waals surface area contributed by atoms with Crippen LogP contribution in [0.15, 0.2) is 59.6 Å². The number of nitrogens with zero attached hydrogens (tertiary/aromatic N) is 3. The highest BCUT2D eigenvalue weighted by molar-refractivity contribution is 14.0. The molecule has 1 fully saturated rings. The van der Waals surface area contributed by atoms with Gasteiger partial charge in [0.15, 0.2) is 5.96 Å². The van der Waals surface area contributed by atoms with Crippen molar-refractivity contribution in [2.24, 2.45) is 10.9 Å². The van der Waals surface area contributed by atoms with E-state index in [1.807, 2.05) is 42.3 Å². The molecule has 2 aromatic rings. The molecule has 2 aromatic carbocycles. The normalized spacial score (nSPS) is 15.8. The van der Waals surface area contributed by atoms with Crippen molar-refractivity contribution in [3.05, 3.63) is 70.3 Å². The number of para-hydroxylation sites is 1. The zero-order valence-corrected chi connectivity index (χ0v) is 19.9. The van der Waals surface area contributed by atoms with Gasteiger partial charge in [-0.1, -0.05) is 30.3 Å². The van der Waals surface area contributed by atoms with Gasteiger partial charge in [-0.05, 0) is 24.1 Å². The van der Waals surface area contributed by atoms with Crippen molar-refractivity contribution in [2.75, 3.05) is 40.0 Å². The van der Waals surface area contributed by atoms with E-state index in [1.165, 1.54) is 12.1 Å². The van der Waals surface area contributed by atoms with Crippen LogP contribution in [-0.4, -0.2) is 55.7 Å². The third kappa shape index (κ3) is 8.33. The summed E-state index contributed by atoms with van der Waals surface area (Å²) in [6, 6.07) is 16.2. The van der Waals surface area contributed by atoms with Gasteiger partial charge in [-0.3, -0.25) is 10.1 Å². The molecule has 0 saturated carbocycles. The van der Waals surface area contributed by atoms with Crippen molar-refractivity contribution in [1.29, 1.82) is 0 Å². The summed E-state index contributed by atoms with van der Waals surface area (Å²) in [7, 11) is 1.97. The first-order chi connectivity index (χ1) is 14.6. The van der Waals surface area contributed by atoms with Crippen LogP contribution in [0.3, 0.4) is 0 Å². The molecule has 9 heteroatoms. The average Bonchev–Trinajstić information content (AvgIpc) is 3.28. The van der Waals surface area contributed by atoms with Crippen molar-refractivity contribution in [2.45, 2.75) is 13.0 Å². The highest BCUT2D eigenvalue weighted by Gasteiger charge is 2.17. The highest BCUT2D eigenvalue weighted by Crippen LogP contribution is 2.13. The Bertz CT molecular complexity index is 827. The third-order valence-corrected chi connectivity index (χ3v) is 4.93. The number of hydrogen-bond acceptors (Lipinski definition) is 5. The topological polar surface area (TPSA) is 89.2 Å². The monoisotopic (exact) mass is 540 g/mol. The number of likely N-dealkylation sites (N-methyl/N-ethyl adjacent to an activating group) is 1. The van der Waals surface area contributed by atoms with Crippen LogP contribution in [0.2, 0.25) is 0 Å². The molecular weight excluding hydrogens is 511 g/mol. The van der Waals surface area contributed by atoms with Gasteiger partial charge in [0, 0.05) is 38.2 Å². The smallest absolute Gasteiger partial charge is 0.269 e. The van der Waals surface area contributed by atoms with Crippen LogP contribution >= 0.6 is 24.0 Å². The van der Waals surface area contributed by atoms with Gasteiger partial charge in [-0.25, -0.2) is 4.99 Å². The number of non-ortho nitro benzene ring substituents is 1. The van der Waals surface area contributed by atoms with E-state index in [4.69, 9.17) is 14.5 Å². The van der Waals surface area contributed by atoms with E-state index in [2.05, 4.69) is 5.32 Å². The first kappa shape index (κ1) is 24.9. The fraction of sp³-hybridized carbons (Fsp3) is 0.409. The molecule has 168 valence electrons. The van der Waals surface area contributed by atoms with Crippen LogP contribution in [-0.2, 0) is 11.3 Å². The van der Waals surface area contributed by atoms with Crippen molar-refractivity contribution < 1.29 is 14.4 Å². The molecule has 0 aromatic heterocycles. The van der Waals surface area contributed by atoms with Crippen molar-refractivity contribution >= 4 is 35.6 Å². The second-order valence-electron chi connectivity index (χ2n) is 7.26. The Balaban J connectivity index is 0.00000341. The first-order valence-corrected chi connectivity index (χ1v) is 10.1. The molecule has 31 heavy (non-hydrogen) atoms. The van der Waals surface area contributed by atoms with Gasteiger partial charge in [-0.15, -0.1) is 24.0 Å². The molecule has 1 saturated heterocycles. The average molecular weight is 540 g/mol. The van der Waals surface area contributed by atoms with E-state index >= 15 is 0 Å². The number of ether oxygens (including phenoxy) is 2. The number of rotatable bonds is 9. The van der Waals surface area contributed by atoms with E-state index < -0.39 is 4.92 Å². The third-order valence-electron chi connectivity index (χ3n) is 4.93. The SMILES string of the molecule is CN(CCOc1ccccc1)C(=NCc1ccc([N+](=O)[O-])cc1)NCC1CCOC1.I. The van der Waals surface area contributed by atoms with Gasteiger partial charge in [0.1, 0.15) is 12.4 Å². The minimum Gasteiger partial charge on any atom is -0.492 e. The number of nitro groups is 1. The molecule has 0 aliphatic carbocycles. The fourth-order valence-electron chi connectivity index (χ4n) is 3.10. The molecule has 0 radical (unpaired) electrons. The van der Waals surface area contributed by atoms with E-state index in [0.29, 0.717) is 25.6 Å². The molecule has 8 nitrogen and oxygen atoms in total. The van der Waals surface area contributed by atoms with Gasteiger partial charge >= 0.3 is 0 Å². The molecule has 1 atom stereocenters. The van der Waals surface area contributed by atoms with Crippen LogP contribution in [0, 0.1) is 16.0 Å². The number of nitrogens with one attached hydrogen (secondary N) is 1. The standard InChI is InChI=1S/C22H28N4O4.HI/c1-25(12-14-30-21-5-3-2-4-6-21)22(24-16-19-11-13-29-17-19)23-15-18-7-9-20(10-8-18)26(27)28;/h2-10,19H,11-17H2,1H3,(H,23,24);1H. The molecule has 3 rings (SSSR count). The summed E-state index contributed by atoms with van der Waals surface area (Å²) in [6.45, 7) is 4.01. The quantitative estimate of drug-likeness (QED) is 0.172. The number of benzene rings is 2. The minimum atomic E-state index is -0.399. The Hall–Kier alpha value is -2.40. The van der Waals surface area contributed by atoms with Crippen molar-refractivity contribution in [3.8, 4) is 5.75 Å². The molecule has 1 aliphatic rings. The lowest BCUT2D eigenvalue weighted by atomic mass is 10.1. The van der Waals surface area contributed by atoms with E-state index in [0.717, 1.165) is 43.5 Å². The summed E-state index contributed by atoms with van der Waals surface area (Å²) < 4.78 is 11.2. The summed E-state index contributed by atoms with van der Waals surface area (Å²) in [4.78, 5) is 17.2. The summed E-state index contributed by atoms with van der Waals surface area (Å²) in [5.74, 6) is 2.09. The number of halogens is 1. The molecule has 0 amide bonds. The number of nitro benzene ring substituents is 1. The Morgan fingerprint density at radius 3 is 2.65 bits per heavy atom. The van der Waals surface area contributed by atoms with Gasteiger partial charge in [0.05, 0.1) is 24.6 Å². The van der Waals surface area contributed by atoms with E-state index in [1.54, 1.807) is 12.1 Å². The van der Waals surface area contributed by atoms with E-state index in [-0.39, 0.29) is 29.7 Å². The van der Waals surface area contributed by atoms with Gasteiger partial charge in [-0.2, -0.15) is 0 Å². The molecule has 0 spiro atoms. The fourth-order valence-corrected chi connectivity index (χ4v) is 3.10. The largest absolute Gasteiger partial charge is 0.492 e. The van der Waals surface area contributed by atoms with Gasteiger partial charge < -0.3 is 19.7 Å². The predicted molar refractivity (Wildman–Crippen MR) is 131 cm³/mol. The molecular formula is C22H29IN4O4. The van der Waals surface area contributed by atoms with Crippen LogP contribution in [0.4, 0.5) is 5.69 Å². The lowest BCUT2D eigenvalue weighted by Crippen LogP contribution is -2.43. The van der Waals surface area contributed by atoms with Crippen molar-refractivity contribution in [3.63, 3.8) is 0 Å². The van der Waals surface area contributed by atoms with Crippen LogP contribution in [0.25, 0.3) is 0 Å². The Labute approximate surface area is 199 Å². The maximum absolute atomic E-state index is 10.8.